The zero-order valence-electron chi connectivity index (χ0n) is 16.5. The summed E-state index contributed by atoms with van der Waals surface area (Å²) < 4.78 is 27.1. The zero-order chi connectivity index (χ0) is 20.5. The Morgan fingerprint density at radius 2 is 1.82 bits per heavy atom. The fraction of sp³-hybridized carbons (Fsp3) is 0.500. The van der Waals surface area contributed by atoms with E-state index in [4.69, 9.17) is 0 Å². The largest absolute Gasteiger partial charge is 0.369 e. The SMILES string of the molecule is Cc1cccc(N2CCN(S(=O)(=O)c3nnc(NC(=O)C(C)C)s3)CC2)c1C. The summed E-state index contributed by atoms with van der Waals surface area (Å²) in [6, 6.07) is 6.17. The van der Waals surface area contributed by atoms with Crippen LogP contribution in [0.25, 0.3) is 0 Å². The molecule has 2 aromatic rings. The summed E-state index contributed by atoms with van der Waals surface area (Å²) in [5, 5.41) is 10.4. The van der Waals surface area contributed by atoms with Gasteiger partial charge in [0.1, 0.15) is 0 Å². The molecule has 10 heteroatoms. The number of aryl methyl sites for hydroxylation is 1. The number of amides is 1. The lowest BCUT2D eigenvalue weighted by molar-refractivity contribution is -0.118. The monoisotopic (exact) mass is 423 g/mol. The predicted octanol–water partition coefficient (Wildman–Crippen LogP) is 2.26. The van der Waals surface area contributed by atoms with Crippen molar-refractivity contribution in [2.45, 2.75) is 32.0 Å². The van der Waals surface area contributed by atoms with Crippen molar-refractivity contribution in [2.75, 3.05) is 36.4 Å². The number of hydrogen-bond acceptors (Lipinski definition) is 7. The topological polar surface area (TPSA) is 95.5 Å². The number of piperazine rings is 1. The Balaban J connectivity index is 1.69. The number of aromatic nitrogens is 2. The van der Waals surface area contributed by atoms with Crippen LogP contribution < -0.4 is 10.2 Å². The maximum atomic E-state index is 12.9. The van der Waals surface area contributed by atoms with E-state index in [0.29, 0.717) is 26.2 Å². The minimum Gasteiger partial charge on any atom is -0.369 e. The standard InChI is InChI=1S/C18H25N5O3S2/c1-12(2)16(24)19-17-20-21-18(27-17)28(25,26)23-10-8-22(9-11-23)15-7-5-6-13(3)14(15)4/h5-7,12H,8-11H2,1-4H3,(H,19,20,24). The third kappa shape index (κ3) is 4.18. The number of nitrogens with zero attached hydrogens (tertiary/aromatic N) is 4. The van der Waals surface area contributed by atoms with E-state index in [1.165, 1.54) is 15.4 Å². The molecule has 0 bridgehead atoms. The Labute approximate surface area is 169 Å². The van der Waals surface area contributed by atoms with Crippen LogP contribution in [-0.2, 0) is 14.8 Å². The molecule has 1 aromatic carbocycles. The number of nitrogens with one attached hydrogen (secondary N) is 1. The summed E-state index contributed by atoms with van der Waals surface area (Å²) >= 11 is 0.883. The molecule has 152 valence electrons. The smallest absolute Gasteiger partial charge is 0.272 e. The molecule has 3 rings (SSSR count). The normalized spacial score (nSPS) is 15.8. The number of hydrogen-bond donors (Lipinski definition) is 1. The van der Waals surface area contributed by atoms with Gasteiger partial charge in [-0.05, 0) is 31.0 Å². The molecule has 0 unspecified atom stereocenters. The summed E-state index contributed by atoms with van der Waals surface area (Å²) in [6.45, 7) is 9.64. The molecule has 1 aliphatic heterocycles. The Morgan fingerprint density at radius 3 is 2.46 bits per heavy atom. The number of carbonyl (C=O) groups excluding carboxylic acids is 1. The van der Waals surface area contributed by atoms with Crippen LogP contribution in [0.3, 0.4) is 0 Å². The van der Waals surface area contributed by atoms with Crippen molar-refractivity contribution in [3.8, 4) is 0 Å². The van der Waals surface area contributed by atoms with Gasteiger partial charge in [0.05, 0.1) is 0 Å². The highest BCUT2D eigenvalue weighted by molar-refractivity contribution is 7.91. The molecule has 1 aliphatic rings. The van der Waals surface area contributed by atoms with E-state index in [-0.39, 0.29) is 21.3 Å². The number of benzene rings is 1. The molecular formula is C18H25N5O3S2. The van der Waals surface area contributed by atoms with Crippen molar-refractivity contribution in [1.82, 2.24) is 14.5 Å². The first-order valence-corrected chi connectivity index (χ1v) is 11.4. The molecule has 28 heavy (non-hydrogen) atoms. The van der Waals surface area contributed by atoms with E-state index in [0.717, 1.165) is 17.0 Å². The van der Waals surface area contributed by atoms with Crippen molar-refractivity contribution in [3.05, 3.63) is 29.3 Å². The van der Waals surface area contributed by atoms with Gasteiger partial charge in [0.2, 0.25) is 15.4 Å². The van der Waals surface area contributed by atoms with Gasteiger partial charge in [0.25, 0.3) is 10.0 Å². The summed E-state index contributed by atoms with van der Waals surface area (Å²) in [7, 11) is -3.72. The molecule has 0 saturated carbocycles. The molecule has 1 aromatic heterocycles. The molecule has 0 radical (unpaired) electrons. The van der Waals surface area contributed by atoms with Crippen LogP contribution in [0.4, 0.5) is 10.8 Å². The summed E-state index contributed by atoms with van der Waals surface area (Å²) in [5.74, 6) is -0.440. The average molecular weight is 424 g/mol. The molecule has 8 nitrogen and oxygen atoms in total. The average Bonchev–Trinajstić information content (AvgIpc) is 3.13. The molecule has 1 fully saturated rings. The lowest BCUT2D eigenvalue weighted by Gasteiger charge is -2.35. The third-order valence-electron chi connectivity index (χ3n) is 4.88. The van der Waals surface area contributed by atoms with Gasteiger partial charge in [-0.15, -0.1) is 10.2 Å². The highest BCUT2D eigenvalue weighted by Gasteiger charge is 2.32. The summed E-state index contributed by atoms with van der Waals surface area (Å²) in [5.41, 5.74) is 3.58. The molecule has 0 aliphatic carbocycles. The lowest BCUT2D eigenvalue weighted by Crippen LogP contribution is -2.48. The highest BCUT2D eigenvalue weighted by Crippen LogP contribution is 2.27. The summed E-state index contributed by atoms with van der Waals surface area (Å²) in [6.07, 6.45) is 0. The first kappa shape index (κ1) is 20.7. The Morgan fingerprint density at radius 1 is 1.14 bits per heavy atom. The van der Waals surface area contributed by atoms with E-state index in [2.05, 4.69) is 46.4 Å². The van der Waals surface area contributed by atoms with E-state index in [9.17, 15) is 13.2 Å². The Kier molecular flexibility index (Phi) is 6.01. The maximum Gasteiger partial charge on any atom is 0.272 e. The van der Waals surface area contributed by atoms with Gasteiger partial charge in [0, 0.05) is 37.8 Å². The van der Waals surface area contributed by atoms with Crippen LogP contribution in [0.1, 0.15) is 25.0 Å². The fourth-order valence-electron chi connectivity index (χ4n) is 2.97. The van der Waals surface area contributed by atoms with Crippen LogP contribution in [-0.4, -0.2) is 55.0 Å². The van der Waals surface area contributed by atoms with Crippen LogP contribution in [0.5, 0.6) is 0 Å². The van der Waals surface area contributed by atoms with Crippen molar-refractivity contribution >= 4 is 38.1 Å². The number of anilines is 2. The molecular weight excluding hydrogens is 398 g/mol. The van der Waals surface area contributed by atoms with E-state index < -0.39 is 10.0 Å². The van der Waals surface area contributed by atoms with Crippen LogP contribution >= 0.6 is 11.3 Å². The second-order valence-electron chi connectivity index (χ2n) is 7.13. The van der Waals surface area contributed by atoms with Crippen molar-refractivity contribution in [1.29, 1.82) is 0 Å². The Bertz CT molecular complexity index is 963. The van der Waals surface area contributed by atoms with Crippen LogP contribution in [0, 0.1) is 19.8 Å². The maximum absolute atomic E-state index is 12.9. The van der Waals surface area contributed by atoms with Crippen molar-refractivity contribution < 1.29 is 13.2 Å². The zero-order valence-corrected chi connectivity index (χ0v) is 18.1. The number of sulfonamides is 1. The second kappa shape index (κ2) is 8.14. The van der Waals surface area contributed by atoms with Crippen LogP contribution in [0.15, 0.2) is 22.5 Å². The Hall–Kier alpha value is -2.04. The molecule has 1 saturated heterocycles. The van der Waals surface area contributed by atoms with Crippen molar-refractivity contribution in [2.24, 2.45) is 5.92 Å². The quantitative estimate of drug-likeness (QED) is 0.741. The molecule has 2 heterocycles. The number of carbonyl (C=O) groups is 1. The molecule has 1 N–H and O–H groups in total. The first-order chi connectivity index (χ1) is 13.2. The van der Waals surface area contributed by atoms with Gasteiger partial charge in [-0.3, -0.25) is 4.79 Å². The van der Waals surface area contributed by atoms with Gasteiger partial charge >= 0.3 is 0 Å². The third-order valence-corrected chi connectivity index (χ3v) is 7.96. The van der Waals surface area contributed by atoms with Gasteiger partial charge in [-0.25, -0.2) is 8.42 Å². The van der Waals surface area contributed by atoms with Gasteiger partial charge in [0.15, 0.2) is 0 Å². The second-order valence-corrected chi connectivity index (χ2v) is 10.2. The van der Waals surface area contributed by atoms with Gasteiger partial charge < -0.3 is 10.2 Å². The molecule has 0 spiro atoms. The number of rotatable bonds is 5. The first-order valence-electron chi connectivity index (χ1n) is 9.16. The van der Waals surface area contributed by atoms with E-state index in [1.54, 1.807) is 13.8 Å². The predicted molar refractivity (Wildman–Crippen MR) is 110 cm³/mol. The van der Waals surface area contributed by atoms with Gasteiger partial charge in [-0.1, -0.05) is 37.3 Å². The van der Waals surface area contributed by atoms with Crippen LogP contribution in [0.2, 0.25) is 0 Å². The molecule has 0 atom stereocenters. The molecule has 1 amide bonds. The highest BCUT2D eigenvalue weighted by atomic mass is 32.2. The lowest BCUT2D eigenvalue weighted by atomic mass is 10.1. The minimum atomic E-state index is -3.72. The summed E-state index contributed by atoms with van der Waals surface area (Å²) in [4.78, 5) is 14.0. The van der Waals surface area contributed by atoms with Gasteiger partial charge in [-0.2, -0.15) is 4.31 Å². The van der Waals surface area contributed by atoms with Crippen molar-refractivity contribution in [3.63, 3.8) is 0 Å². The minimum absolute atomic E-state index is 0.0910. The van der Waals surface area contributed by atoms with E-state index in [1.807, 2.05) is 6.07 Å². The fourth-order valence-corrected chi connectivity index (χ4v) is 5.44. The van der Waals surface area contributed by atoms with E-state index >= 15 is 0 Å².